The van der Waals surface area contributed by atoms with Gasteiger partial charge in [0.1, 0.15) is 10.7 Å². The largest absolute Gasteiger partial charge is 0.330 e. The molecule has 7 heteroatoms. The molecule has 0 aliphatic heterocycles. The highest BCUT2D eigenvalue weighted by Gasteiger charge is 2.38. The van der Waals surface area contributed by atoms with Gasteiger partial charge < -0.3 is 5.73 Å². The van der Waals surface area contributed by atoms with Gasteiger partial charge in [-0.1, -0.05) is 24.9 Å². The fourth-order valence-corrected chi connectivity index (χ4v) is 5.27. The Morgan fingerprint density at radius 3 is 2.76 bits per heavy atom. The molecular formula is C14H20ClFN2O2S. The second-order valence-corrected chi connectivity index (χ2v) is 7.54. The van der Waals surface area contributed by atoms with Crippen LogP contribution in [0.2, 0.25) is 5.02 Å². The van der Waals surface area contributed by atoms with E-state index in [4.69, 9.17) is 17.3 Å². The van der Waals surface area contributed by atoms with Gasteiger partial charge in [-0.2, -0.15) is 4.31 Å². The molecule has 118 valence electrons. The molecule has 2 atom stereocenters. The molecule has 1 fully saturated rings. The van der Waals surface area contributed by atoms with Crippen molar-refractivity contribution in [3.63, 3.8) is 0 Å². The molecule has 1 aromatic rings. The van der Waals surface area contributed by atoms with Crippen molar-refractivity contribution >= 4 is 21.6 Å². The van der Waals surface area contributed by atoms with Crippen LogP contribution in [-0.4, -0.2) is 31.9 Å². The predicted molar refractivity (Wildman–Crippen MR) is 81.2 cm³/mol. The lowest BCUT2D eigenvalue weighted by atomic mass is 10.0. The van der Waals surface area contributed by atoms with E-state index >= 15 is 0 Å². The molecule has 0 bridgehead atoms. The molecule has 2 N–H and O–H groups in total. The highest BCUT2D eigenvalue weighted by Crippen LogP contribution is 2.34. The van der Waals surface area contributed by atoms with Crippen LogP contribution in [0, 0.1) is 11.7 Å². The van der Waals surface area contributed by atoms with E-state index in [1.54, 1.807) is 6.92 Å². The number of hydrogen-bond acceptors (Lipinski definition) is 3. The standard InChI is InChI=1S/C14H20ClFN2O2S/c1-2-18(13-5-3-4-10(13)9-17)21(19,20)14-8-11(16)6-7-12(14)15/h6-8,10,13H,2-5,9,17H2,1H3. The highest BCUT2D eigenvalue weighted by atomic mass is 35.5. The van der Waals surface area contributed by atoms with Crippen molar-refractivity contribution in [3.8, 4) is 0 Å². The Bertz CT molecular complexity index is 609. The molecule has 0 spiro atoms. The van der Waals surface area contributed by atoms with Crippen molar-refractivity contribution in [2.24, 2.45) is 11.7 Å². The molecule has 0 aromatic heterocycles. The molecule has 0 radical (unpaired) electrons. The Kier molecular flexibility index (Phi) is 5.24. The fourth-order valence-electron chi connectivity index (χ4n) is 3.06. The SMILES string of the molecule is CCN(C1CCCC1CN)S(=O)(=O)c1cc(F)ccc1Cl. The normalized spacial score (nSPS) is 22.9. The summed E-state index contributed by atoms with van der Waals surface area (Å²) >= 11 is 5.96. The predicted octanol–water partition coefficient (Wildman–Crippen LogP) is 2.62. The summed E-state index contributed by atoms with van der Waals surface area (Å²) in [4.78, 5) is -0.173. The van der Waals surface area contributed by atoms with E-state index in [0.29, 0.717) is 13.1 Å². The fraction of sp³-hybridized carbons (Fsp3) is 0.571. The summed E-state index contributed by atoms with van der Waals surface area (Å²) in [6.45, 7) is 2.54. The second kappa shape index (κ2) is 6.60. The molecule has 4 nitrogen and oxygen atoms in total. The minimum absolute atomic E-state index is 0.0390. The van der Waals surface area contributed by atoms with Gasteiger partial charge in [-0.25, -0.2) is 12.8 Å². The molecule has 2 rings (SSSR count). The summed E-state index contributed by atoms with van der Waals surface area (Å²) in [5.41, 5.74) is 5.75. The quantitative estimate of drug-likeness (QED) is 0.900. The first-order valence-electron chi connectivity index (χ1n) is 7.08. The lowest BCUT2D eigenvalue weighted by Crippen LogP contribution is -2.44. The minimum Gasteiger partial charge on any atom is -0.330 e. The first-order valence-corrected chi connectivity index (χ1v) is 8.90. The molecule has 21 heavy (non-hydrogen) atoms. The Morgan fingerprint density at radius 1 is 1.43 bits per heavy atom. The van der Waals surface area contributed by atoms with Crippen molar-refractivity contribution in [1.29, 1.82) is 0 Å². The highest BCUT2D eigenvalue weighted by molar-refractivity contribution is 7.89. The molecule has 1 saturated carbocycles. The van der Waals surface area contributed by atoms with E-state index in [-0.39, 0.29) is 21.9 Å². The van der Waals surface area contributed by atoms with Crippen molar-refractivity contribution in [2.45, 2.75) is 37.1 Å². The van der Waals surface area contributed by atoms with E-state index in [9.17, 15) is 12.8 Å². The average Bonchev–Trinajstić information content (AvgIpc) is 2.90. The Hall–Kier alpha value is -0.690. The van der Waals surface area contributed by atoms with Gasteiger partial charge in [0.05, 0.1) is 5.02 Å². The van der Waals surface area contributed by atoms with E-state index in [1.807, 2.05) is 0 Å². The lowest BCUT2D eigenvalue weighted by molar-refractivity contribution is 0.276. The zero-order valence-electron chi connectivity index (χ0n) is 11.9. The van der Waals surface area contributed by atoms with Crippen LogP contribution in [0.5, 0.6) is 0 Å². The van der Waals surface area contributed by atoms with Crippen molar-refractivity contribution in [1.82, 2.24) is 4.31 Å². The van der Waals surface area contributed by atoms with Crippen molar-refractivity contribution < 1.29 is 12.8 Å². The van der Waals surface area contributed by atoms with Crippen LogP contribution in [0.1, 0.15) is 26.2 Å². The van der Waals surface area contributed by atoms with Gasteiger partial charge >= 0.3 is 0 Å². The average molecular weight is 335 g/mol. The van der Waals surface area contributed by atoms with Gasteiger partial charge in [-0.15, -0.1) is 0 Å². The maximum Gasteiger partial charge on any atom is 0.244 e. The van der Waals surface area contributed by atoms with Crippen LogP contribution in [0.3, 0.4) is 0 Å². The van der Waals surface area contributed by atoms with Crippen LogP contribution in [0.4, 0.5) is 4.39 Å². The number of rotatable bonds is 5. The summed E-state index contributed by atoms with van der Waals surface area (Å²) in [6, 6.07) is 3.26. The minimum atomic E-state index is -3.82. The maximum atomic E-state index is 13.4. The van der Waals surface area contributed by atoms with E-state index in [2.05, 4.69) is 0 Å². The van der Waals surface area contributed by atoms with Gasteiger partial charge in [0.25, 0.3) is 0 Å². The molecule has 1 aromatic carbocycles. The third kappa shape index (κ3) is 3.23. The lowest BCUT2D eigenvalue weighted by Gasteiger charge is -2.31. The van der Waals surface area contributed by atoms with Gasteiger partial charge in [0, 0.05) is 12.6 Å². The number of nitrogens with two attached hydrogens (primary N) is 1. The van der Waals surface area contributed by atoms with Gasteiger partial charge in [-0.05, 0) is 43.5 Å². The summed E-state index contributed by atoms with van der Waals surface area (Å²) in [5, 5.41) is 0.0390. The smallest absolute Gasteiger partial charge is 0.244 e. The Morgan fingerprint density at radius 2 is 2.14 bits per heavy atom. The van der Waals surface area contributed by atoms with Gasteiger partial charge in [-0.3, -0.25) is 0 Å². The first-order chi connectivity index (χ1) is 9.91. The number of sulfonamides is 1. The van der Waals surface area contributed by atoms with Crippen LogP contribution in [0.25, 0.3) is 0 Å². The number of halogens is 2. The number of benzene rings is 1. The third-order valence-electron chi connectivity index (χ3n) is 4.08. The Labute approximate surface area is 130 Å². The van der Waals surface area contributed by atoms with Crippen LogP contribution >= 0.6 is 11.6 Å². The van der Waals surface area contributed by atoms with Crippen LogP contribution in [-0.2, 0) is 10.0 Å². The topological polar surface area (TPSA) is 63.4 Å². The summed E-state index contributed by atoms with van der Waals surface area (Å²) < 4.78 is 40.5. The molecular weight excluding hydrogens is 315 g/mol. The molecule has 0 amide bonds. The molecule has 2 unspecified atom stereocenters. The monoisotopic (exact) mass is 334 g/mol. The number of nitrogens with zero attached hydrogens (tertiary/aromatic N) is 1. The molecule has 0 heterocycles. The van der Waals surface area contributed by atoms with Gasteiger partial charge in [0.15, 0.2) is 0 Å². The van der Waals surface area contributed by atoms with Gasteiger partial charge in [0.2, 0.25) is 10.0 Å². The summed E-state index contributed by atoms with van der Waals surface area (Å²) in [7, 11) is -3.82. The molecule has 1 aliphatic rings. The maximum absolute atomic E-state index is 13.4. The number of hydrogen-bond donors (Lipinski definition) is 1. The first kappa shape index (κ1) is 16.7. The van der Waals surface area contributed by atoms with Crippen LogP contribution < -0.4 is 5.73 Å². The zero-order valence-corrected chi connectivity index (χ0v) is 13.5. The van der Waals surface area contributed by atoms with E-state index < -0.39 is 15.8 Å². The third-order valence-corrected chi connectivity index (χ3v) is 6.56. The van der Waals surface area contributed by atoms with E-state index in [1.165, 1.54) is 10.4 Å². The van der Waals surface area contributed by atoms with E-state index in [0.717, 1.165) is 31.4 Å². The second-order valence-electron chi connectivity index (χ2n) is 5.28. The van der Waals surface area contributed by atoms with Crippen molar-refractivity contribution in [3.05, 3.63) is 29.0 Å². The summed E-state index contributed by atoms with van der Waals surface area (Å²) in [6.07, 6.45) is 2.65. The molecule has 0 saturated heterocycles. The summed E-state index contributed by atoms with van der Waals surface area (Å²) in [5.74, 6) is -0.470. The molecule has 1 aliphatic carbocycles. The zero-order chi connectivity index (χ0) is 15.6. The van der Waals surface area contributed by atoms with Crippen molar-refractivity contribution in [2.75, 3.05) is 13.1 Å². The van der Waals surface area contributed by atoms with Crippen LogP contribution in [0.15, 0.2) is 23.1 Å². The Balaban J connectivity index is 2.42.